The van der Waals surface area contributed by atoms with Crippen molar-refractivity contribution < 1.29 is 14.7 Å². The fraction of sp³-hybridized carbons (Fsp3) is 0.417. The second-order valence-electron chi connectivity index (χ2n) is 4.18. The molecule has 1 fully saturated rings. The minimum atomic E-state index is -1.08. The first-order valence-corrected chi connectivity index (χ1v) is 5.57. The maximum absolute atomic E-state index is 11.8. The van der Waals surface area contributed by atoms with Gasteiger partial charge in [0, 0.05) is 25.0 Å². The summed E-state index contributed by atoms with van der Waals surface area (Å²) in [6, 6.07) is 3.90. The van der Waals surface area contributed by atoms with Gasteiger partial charge in [0.2, 0.25) is 5.91 Å². The summed E-state index contributed by atoms with van der Waals surface area (Å²) in [6.45, 7) is 0.449. The Labute approximate surface area is 99.1 Å². The molecule has 1 N–H and O–H groups in total. The maximum atomic E-state index is 11.8. The highest BCUT2D eigenvalue weighted by atomic mass is 16.4. The number of amides is 1. The summed E-state index contributed by atoms with van der Waals surface area (Å²) in [5.41, 5.74) is 0.929. The molecule has 1 amide bonds. The van der Waals surface area contributed by atoms with E-state index in [1.54, 1.807) is 17.3 Å². The summed E-state index contributed by atoms with van der Waals surface area (Å²) < 4.78 is 0. The molecule has 2 rings (SSSR count). The van der Waals surface area contributed by atoms with Crippen LogP contribution in [0.2, 0.25) is 0 Å². The lowest BCUT2D eigenvalue weighted by atomic mass is 10.2. The highest BCUT2D eigenvalue weighted by Gasteiger charge is 2.33. The number of rotatable bonds is 5. The average Bonchev–Trinajstić information content (AvgIpc) is 3.10. The van der Waals surface area contributed by atoms with Gasteiger partial charge in [0.15, 0.2) is 0 Å². The highest BCUT2D eigenvalue weighted by Crippen LogP contribution is 2.28. The van der Waals surface area contributed by atoms with Crippen LogP contribution < -0.4 is 0 Å². The molecule has 0 saturated heterocycles. The van der Waals surface area contributed by atoms with E-state index in [0.717, 1.165) is 18.4 Å². The van der Waals surface area contributed by atoms with Crippen LogP contribution in [0.25, 0.3) is 0 Å². The van der Waals surface area contributed by atoms with Crippen molar-refractivity contribution in [1.29, 1.82) is 0 Å². The lowest BCUT2D eigenvalue weighted by molar-refractivity contribution is -0.144. The summed E-state index contributed by atoms with van der Waals surface area (Å²) in [7, 11) is 0. The Bertz CT molecular complexity index is 415. The molecule has 5 nitrogen and oxygen atoms in total. The number of carbonyl (C=O) groups excluding carboxylic acids is 1. The van der Waals surface area contributed by atoms with Crippen molar-refractivity contribution in [2.75, 3.05) is 0 Å². The molecule has 90 valence electrons. The number of aromatic nitrogens is 1. The van der Waals surface area contributed by atoms with Gasteiger partial charge in [-0.05, 0) is 24.5 Å². The van der Waals surface area contributed by atoms with Gasteiger partial charge in [-0.2, -0.15) is 0 Å². The molecule has 1 aromatic heterocycles. The predicted molar refractivity (Wildman–Crippen MR) is 60.1 cm³/mol. The van der Waals surface area contributed by atoms with Crippen LogP contribution in [-0.2, 0) is 16.1 Å². The average molecular weight is 234 g/mol. The van der Waals surface area contributed by atoms with Crippen LogP contribution in [-0.4, -0.2) is 32.9 Å². The molecule has 0 aliphatic heterocycles. The Morgan fingerprint density at radius 3 is 2.76 bits per heavy atom. The van der Waals surface area contributed by atoms with Gasteiger partial charge in [0.05, 0.1) is 0 Å². The van der Waals surface area contributed by atoms with Crippen LogP contribution in [0.4, 0.5) is 0 Å². The zero-order chi connectivity index (χ0) is 12.3. The summed E-state index contributed by atoms with van der Waals surface area (Å²) in [5.74, 6) is -1.39. The molecule has 0 spiro atoms. The number of hydrogen-bond acceptors (Lipinski definition) is 3. The third kappa shape index (κ3) is 3.27. The largest absolute Gasteiger partial charge is 0.481 e. The molecule has 1 aliphatic rings. The quantitative estimate of drug-likeness (QED) is 0.773. The number of hydrogen-bond donors (Lipinski definition) is 1. The fourth-order valence-corrected chi connectivity index (χ4v) is 1.73. The van der Waals surface area contributed by atoms with E-state index in [2.05, 4.69) is 4.98 Å². The van der Waals surface area contributed by atoms with Gasteiger partial charge < -0.3 is 10.0 Å². The molecule has 1 aromatic rings. The zero-order valence-electron chi connectivity index (χ0n) is 9.37. The smallest absolute Gasteiger partial charge is 0.312 e. The molecule has 0 atom stereocenters. The van der Waals surface area contributed by atoms with E-state index in [1.165, 1.54) is 0 Å². The second kappa shape index (κ2) is 4.95. The normalized spacial score (nSPS) is 14.4. The van der Waals surface area contributed by atoms with Crippen molar-refractivity contribution >= 4 is 11.9 Å². The van der Waals surface area contributed by atoms with E-state index in [-0.39, 0.29) is 11.9 Å². The Kier molecular flexibility index (Phi) is 3.37. The van der Waals surface area contributed by atoms with Crippen molar-refractivity contribution in [3.05, 3.63) is 30.1 Å². The van der Waals surface area contributed by atoms with Crippen LogP contribution >= 0.6 is 0 Å². The summed E-state index contributed by atoms with van der Waals surface area (Å²) in [5, 5.41) is 8.64. The lowest BCUT2D eigenvalue weighted by Gasteiger charge is -2.21. The molecular weight excluding hydrogens is 220 g/mol. The number of carboxylic acid groups (broad SMARTS) is 1. The third-order valence-electron chi connectivity index (χ3n) is 2.69. The van der Waals surface area contributed by atoms with Crippen molar-refractivity contribution in [2.45, 2.75) is 31.8 Å². The van der Waals surface area contributed by atoms with Crippen molar-refractivity contribution in [3.63, 3.8) is 0 Å². The standard InChI is InChI=1S/C12H14N2O3/c15-11(6-12(16)17)14(10-3-4-10)8-9-2-1-5-13-7-9/h1-2,5,7,10H,3-4,6,8H2,(H,16,17). The van der Waals surface area contributed by atoms with Gasteiger partial charge in [-0.1, -0.05) is 6.07 Å². The summed E-state index contributed by atoms with van der Waals surface area (Å²) >= 11 is 0. The molecule has 0 aromatic carbocycles. The minimum Gasteiger partial charge on any atom is -0.481 e. The monoisotopic (exact) mass is 234 g/mol. The highest BCUT2D eigenvalue weighted by molar-refractivity contribution is 5.93. The molecule has 0 unspecified atom stereocenters. The van der Waals surface area contributed by atoms with Gasteiger partial charge in [-0.25, -0.2) is 0 Å². The number of pyridine rings is 1. The lowest BCUT2D eigenvalue weighted by Crippen LogP contribution is -2.33. The number of aliphatic carboxylic acids is 1. The van der Waals surface area contributed by atoms with Crippen LogP contribution in [0, 0.1) is 0 Å². The van der Waals surface area contributed by atoms with Crippen molar-refractivity contribution in [2.24, 2.45) is 0 Å². The van der Waals surface area contributed by atoms with Gasteiger partial charge in [0.25, 0.3) is 0 Å². The van der Waals surface area contributed by atoms with Gasteiger partial charge >= 0.3 is 5.97 Å². The minimum absolute atomic E-state index is 0.210. The van der Waals surface area contributed by atoms with E-state index in [1.807, 2.05) is 12.1 Å². The van der Waals surface area contributed by atoms with Crippen LogP contribution in [0.15, 0.2) is 24.5 Å². The molecule has 5 heteroatoms. The molecule has 0 radical (unpaired) electrons. The Morgan fingerprint density at radius 1 is 1.47 bits per heavy atom. The Balaban J connectivity index is 2.03. The molecular formula is C12H14N2O3. The van der Waals surface area contributed by atoms with E-state index >= 15 is 0 Å². The van der Waals surface area contributed by atoms with Gasteiger partial charge in [0.1, 0.15) is 6.42 Å². The first-order chi connectivity index (χ1) is 8.16. The van der Waals surface area contributed by atoms with E-state index in [4.69, 9.17) is 5.11 Å². The maximum Gasteiger partial charge on any atom is 0.312 e. The van der Waals surface area contributed by atoms with Crippen LogP contribution in [0.1, 0.15) is 24.8 Å². The van der Waals surface area contributed by atoms with Gasteiger partial charge in [-0.3, -0.25) is 14.6 Å². The van der Waals surface area contributed by atoms with E-state index in [9.17, 15) is 9.59 Å². The number of carbonyl (C=O) groups is 2. The molecule has 1 aliphatic carbocycles. The molecule has 1 heterocycles. The number of carboxylic acids is 1. The van der Waals surface area contributed by atoms with Gasteiger partial charge in [-0.15, -0.1) is 0 Å². The Hall–Kier alpha value is -1.91. The van der Waals surface area contributed by atoms with Crippen LogP contribution in [0.3, 0.4) is 0 Å². The van der Waals surface area contributed by atoms with E-state index < -0.39 is 12.4 Å². The summed E-state index contributed by atoms with van der Waals surface area (Å²) in [6.07, 6.45) is 4.86. The van der Waals surface area contributed by atoms with Crippen molar-refractivity contribution in [1.82, 2.24) is 9.88 Å². The topological polar surface area (TPSA) is 70.5 Å². The molecule has 1 saturated carbocycles. The zero-order valence-corrected chi connectivity index (χ0v) is 9.37. The third-order valence-corrected chi connectivity index (χ3v) is 2.69. The van der Waals surface area contributed by atoms with E-state index in [0.29, 0.717) is 6.54 Å². The SMILES string of the molecule is O=C(O)CC(=O)N(Cc1cccnc1)C1CC1. The molecule has 0 bridgehead atoms. The molecule has 17 heavy (non-hydrogen) atoms. The van der Waals surface area contributed by atoms with Crippen LogP contribution in [0.5, 0.6) is 0 Å². The first-order valence-electron chi connectivity index (χ1n) is 5.57. The predicted octanol–water partition coefficient (Wildman–Crippen LogP) is 1.05. The second-order valence-corrected chi connectivity index (χ2v) is 4.18. The number of nitrogens with zero attached hydrogens (tertiary/aromatic N) is 2. The first kappa shape index (κ1) is 11.6. The fourth-order valence-electron chi connectivity index (χ4n) is 1.73. The Morgan fingerprint density at radius 2 is 2.24 bits per heavy atom. The summed E-state index contributed by atoms with van der Waals surface area (Å²) in [4.78, 5) is 27.9. The van der Waals surface area contributed by atoms with Crippen molar-refractivity contribution in [3.8, 4) is 0 Å².